The second kappa shape index (κ2) is 7.72. The van der Waals surface area contributed by atoms with Crippen molar-refractivity contribution in [3.05, 3.63) is 36.3 Å². The normalized spacial score (nSPS) is 10.2. The highest BCUT2D eigenvalue weighted by Gasteiger charge is 2.06. The van der Waals surface area contributed by atoms with Crippen LogP contribution in [0.5, 0.6) is 0 Å². The predicted octanol–water partition coefficient (Wildman–Crippen LogP) is 4.50. The summed E-state index contributed by atoms with van der Waals surface area (Å²) in [4.78, 5) is 4.66. The molecule has 0 aliphatic rings. The van der Waals surface area contributed by atoms with Crippen LogP contribution in [-0.2, 0) is 6.54 Å². The topological polar surface area (TPSA) is 30.7 Å². The molecule has 0 saturated heterocycles. The molecule has 0 spiro atoms. The standard InChI is InChI=1S/C14H19N3.C2H6/c1-4-8-17-10-12(9-15-17)14-7-5-6-13(16-14)11(2)3;1-2/h5-7,9-11H,4,8H2,1-3H3;1-2H3. The quantitative estimate of drug-likeness (QED) is 0.809. The minimum atomic E-state index is 0.459. The molecule has 19 heavy (non-hydrogen) atoms. The lowest BCUT2D eigenvalue weighted by Crippen LogP contribution is -1.96. The predicted molar refractivity (Wildman–Crippen MR) is 81.2 cm³/mol. The average molecular weight is 259 g/mol. The summed E-state index contributed by atoms with van der Waals surface area (Å²) in [5.41, 5.74) is 3.24. The van der Waals surface area contributed by atoms with Crippen molar-refractivity contribution >= 4 is 0 Å². The lowest BCUT2D eigenvalue weighted by Gasteiger charge is -2.05. The maximum Gasteiger partial charge on any atom is 0.0736 e. The molecule has 0 unspecified atom stereocenters. The number of nitrogens with zero attached hydrogens (tertiary/aromatic N) is 3. The Balaban J connectivity index is 0.000000861. The Labute approximate surface area is 116 Å². The maximum atomic E-state index is 4.66. The molecular formula is C16H25N3. The number of rotatable bonds is 4. The fourth-order valence-corrected chi connectivity index (χ4v) is 1.78. The van der Waals surface area contributed by atoms with E-state index in [1.165, 1.54) is 0 Å². The minimum Gasteiger partial charge on any atom is -0.272 e. The highest BCUT2D eigenvalue weighted by Crippen LogP contribution is 2.19. The Morgan fingerprint density at radius 3 is 2.58 bits per heavy atom. The van der Waals surface area contributed by atoms with E-state index < -0.39 is 0 Å². The molecule has 0 amide bonds. The Kier molecular flexibility index (Phi) is 6.26. The summed E-state index contributed by atoms with van der Waals surface area (Å²) in [5, 5.41) is 4.33. The molecule has 0 saturated carbocycles. The van der Waals surface area contributed by atoms with Crippen molar-refractivity contribution < 1.29 is 0 Å². The minimum absolute atomic E-state index is 0.459. The summed E-state index contributed by atoms with van der Waals surface area (Å²) in [7, 11) is 0. The van der Waals surface area contributed by atoms with Crippen LogP contribution < -0.4 is 0 Å². The number of hydrogen-bond donors (Lipinski definition) is 0. The molecule has 0 aromatic carbocycles. The van der Waals surface area contributed by atoms with E-state index in [2.05, 4.69) is 49.2 Å². The molecule has 0 bridgehead atoms. The van der Waals surface area contributed by atoms with Crippen LogP contribution in [0.4, 0.5) is 0 Å². The molecule has 2 aromatic heterocycles. The molecule has 0 aliphatic carbocycles. The molecule has 2 heterocycles. The van der Waals surface area contributed by atoms with Gasteiger partial charge in [-0.05, 0) is 24.5 Å². The Morgan fingerprint density at radius 1 is 1.21 bits per heavy atom. The number of pyridine rings is 1. The van der Waals surface area contributed by atoms with Crippen molar-refractivity contribution in [2.75, 3.05) is 0 Å². The number of aryl methyl sites for hydroxylation is 1. The van der Waals surface area contributed by atoms with Gasteiger partial charge in [-0.2, -0.15) is 5.10 Å². The van der Waals surface area contributed by atoms with E-state index in [1.807, 2.05) is 30.8 Å². The molecule has 104 valence electrons. The summed E-state index contributed by atoms with van der Waals surface area (Å²) in [6, 6.07) is 6.18. The molecule has 3 heteroatoms. The van der Waals surface area contributed by atoms with Crippen molar-refractivity contribution in [2.45, 2.75) is 53.5 Å². The van der Waals surface area contributed by atoms with Gasteiger partial charge in [0.25, 0.3) is 0 Å². The van der Waals surface area contributed by atoms with E-state index in [9.17, 15) is 0 Å². The van der Waals surface area contributed by atoms with Crippen molar-refractivity contribution in [2.24, 2.45) is 0 Å². The van der Waals surface area contributed by atoms with Crippen LogP contribution in [0.2, 0.25) is 0 Å². The van der Waals surface area contributed by atoms with E-state index >= 15 is 0 Å². The fourth-order valence-electron chi connectivity index (χ4n) is 1.78. The first-order chi connectivity index (χ1) is 9.20. The second-order valence-electron chi connectivity index (χ2n) is 4.59. The lowest BCUT2D eigenvalue weighted by atomic mass is 10.1. The van der Waals surface area contributed by atoms with Crippen LogP contribution in [0.15, 0.2) is 30.6 Å². The van der Waals surface area contributed by atoms with Crippen molar-refractivity contribution in [1.29, 1.82) is 0 Å². The Morgan fingerprint density at radius 2 is 1.95 bits per heavy atom. The van der Waals surface area contributed by atoms with Gasteiger partial charge in [0.2, 0.25) is 0 Å². The van der Waals surface area contributed by atoms with Gasteiger partial charge in [-0.3, -0.25) is 9.67 Å². The monoisotopic (exact) mass is 259 g/mol. The molecule has 2 rings (SSSR count). The summed E-state index contributed by atoms with van der Waals surface area (Å²) >= 11 is 0. The first-order valence-electron chi connectivity index (χ1n) is 7.20. The van der Waals surface area contributed by atoms with Gasteiger partial charge in [0, 0.05) is 24.0 Å². The van der Waals surface area contributed by atoms with Crippen LogP contribution in [0, 0.1) is 0 Å². The average Bonchev–Trinajstić information content (AvgIpc) is 2.90. The van der Waals surface area contributed by atoms with Gasteiger partial charge >= 0.3 is 0 Å². The fraction of sp³-hybridized carbons (Fsp3) is 0.500. The zero-order chi connectivity index (χ0) is 14.3. The van der Waals surface area contributed by atoms with E-state index in [4.69, 9.17) is 0 Å². The first kappa shape index (κ1) is 15.4. The van der Waals surface area contributed by atoms with Gasteiger partial charge in [-0.15, -0.1) is 0 Å². The van der Waals surface area contributed by atoms with Crippen LogP contribution >= 0.6 is 0 Å². The molecule has 0 fully saturated rings. The molecular weight excluding hydrogens is 234 g/mol. The SMILES string of the molecule is CC.CCCn1cc(-c2cccc(C(C)C)n2)cn1. The third kappa shape index (κ3) is 4.19. The zero-order valence-electron chi connectivity index (χ0n) is 12.7. The first-order valence-corrected chi connectivity index (χ1v) is 7.20. The third-order valence-electron chi connectivity index (χ3n) is 2.74. The molecule has 0 N–H and O–H groups in total. The zero-order valence-corrected chi connectivity index (χ0v) is 12.7. The largest absolute Gasteiger partial charge is 0.272 e. The maximum absolute atomic E-state index is 4.66. The van der Waals surface area contributed by atoms with Crippen molar-refractivity contribution in [1.82, 2.24) is 14.8 Å². The Bertz CT molecular complexity index is 486. The van der Waals surface area contributed by atoms with E-state index in [0.717, 1.165) is 29.9 Å². The highest BCUT2D eigenvalue weighted by atomic mass is 15.3. The van der Waals surface area contributed by atoms with Crippen LogP contribution in [-0.4, -0.2) is 14.8 Å². The summed E-state index contributed by atoms with van der Waals surface area (Å²) in [5.74, 6) is 0.459. The molecule has 0 atom stereocenters. The van der Waals surface area contributed by atoms with Gasteiger partial charge in [0.05, 0.1) is 11.9 Å². The molecule has 3 nitrogen and oxygen atoms in total. The smallest absolute Gasteiger partial charge is 0.0736 e. The summed E-state index contributed by atoms with van der Waals surface area (Å²) in [6.07, 6.45) is 5.05. The van der Waals surface area contributed by atoms with Crippen molar-refractivity contribution in [3.63, 3.8) is 0 Å². The lowest BCUT2D eigenvalue weighted by molar-refractivity contribution is 0.603. The Hall–Kier alpha value is -1.64. The summed E-state index contributed by atoms with van der Waals surface area (Å²) in [6.45, 7) is 11.4. The van der Waals surface area contributed by atoms with Gasteiger partial charge in [-0.1, -0.05) is 40.7 Å². The van der Waals surface area contributed by atoms with Crippen LogP contribution in [0.3, 0.4) is 0 Å². The number of hydrogen-bond acceptors (Lipinski definition) is 2. The van der Waals surface area contributed by atoms with E-state index in [0.29, 0.717) is 5.92 Å². The van der Waals surface area contributed by atoms with Gasteiger partial charge in [-0.25, -0.2) is 0 Å². The highest BCUT2D eigenvalue weighted by molar-refractivity contribution is 5.56. The van der Waals surface area contributed by atoms with Crippen LogP contribution in [0.1, 0.15) is 52.7 Å². The van der Waals surface area contributed by atoms with Gasteiger partial charge < -0.3 is 0 Å². The molecule has 0 radical (unpaired) electrons. The summed E-state index contributed by atoms with van der Waals surface area (Å²) < 4.78 is 1.97. The van der Waals surface area contributed by atoms with Crippen molar-refractivity contribution in [3.8, 4) is 11.3 Å². The molecule has 0 aliphatic heterocycles. The number of aromatic nitrogens is 3. The van der Waals surface area contributed by atoms with Crippen LogP contribution in [0.25, 0.3) is 11.3 Å². The second-order valence-corrected chi connectivity index (χ2v) is 4.59. The van der Waals surface area contributed by atoms with Gasteiger partial charge in [0.15, 0.2) is 0 Å². The third-order valence-corrected chi connectivity index (χ3v) is 2.74. The molecule has 2 aromatic rings. The van der Waals surface area contributed by atoms with E-state index in [1.54, 1.807) is 0 Å². The van der Waals surface area contributed by atoms with E-state index in [-0.39, 0.29) is 0 Å². The van der Waals surface area contributed by atoms with Gasteiger partial charge in [0.1, 0.15) is 0 Å².